The molecule has 0 aliphatic heterocycles. The lowest BCUT2D eigenvalue weighted by atomic mass is 10.5. The number of rotatable bonds is 5. The number of hydrazone groups is 1. The van der Waals surface area contributed by atoms with Gasteiger partial charge >= 0.3 is 5.88 Å². The standard InChI is InChI=1S/C8H7N7O3S/c1-19-8-13-11-7(12-14-8)10-9-4-5-2-3-6(18-5)15(16)17/h2-4H,1H3,(H,10,11,12)/b9-4-. The summed E-state index contributed by atoms with van der Waals surface area (Å²) in [7, 11) is 0. The zero-order valence-electron chi connectivity index (χ0n) is 9.55. The molecule has 0 radical (unpaired) electrons. The van der Waals surface area contributed by atoms with Crippen molar-refractivity contribution in [1.29, 1.82) is 0 Å². The van der Waals surface area contributed by atoms with Crippen LogP contribution in [0.15, 0.2) is 26.8 Å². The first-order valence-corrected chi connectivity index (χ1v) is 6.06. The van der Waals surface area contributed by atoms with Gasteiger partial charge in [0, 0.05) is 0 Å². The van der Waals surface area contributed by atoms with Gasteiger partial charge < -0.3 is 4.42 Å². The molecule has 0 aliphatic rings. The number of thioether (sulfide) groups is 1. The zero-order chi connectivity index (χ0) is 13.7. The predicted molar refractivity (Wildman–Crippen MR) is 66.0 cm³/mol. The van der Waals surface area contributed by atoms with E-state index in [2.05, 4.69) is 30.9 Å². The molecule has 0 amide bonds. The van der Waals surface area contributed by atoms with Crippen LogP contribution in [0.25, 0.3) is 0 Å². The van der Waals surface area contributed by atoms with Crippen LogP contribution in [0.1, 0.15) is 5.76 Å². The molecule has 0 bridgehead atoms. The first-order valence-electron chi connectivity index (χ1n) is 4.83. The number of furan rings is 1. The van der Waals surface area contributed by atoms with E-state index >= 15 is 0 Å². The average Bonchev–Trinajstić information content (AvgIpc) is 2.89. The van der Waals surface area contributed by atoms with Crippen molar-refractivity contribution in [2.24, 2.45) is 5.10 Å². The molecule has 0 saturated carbocycles. The summed E-state index contributed by atoms with van der Waals surface area (Å²) in [4.78, 5) is 9.75. The van der Waals surface area contributed by atoms with Gasteiger partial charge in [0.2, 0.25) is 5.16 Å². The van der Waals surface area contributed by atoms with Crippen LogP contribution in [0.5, 0.6) is 0 Å². The first kappa shape index (κ1) is 12.9. The molecule has 2 rings (SSSR count). The maximum absolute atomic E-state index is 10.4. The van der Waals surface area contributed by atoms with Gasteiger partial charge in [-0.1, -0.05) is 11.8 Å². The van der Waals surface area contributed by atoms with Gasteiger partial charge in [-0.2, -0.15) is 5.10 Å². The maximum Gasteiger partial charge on any atom is 0.433 e. The molecule has 0 saturated heterocycles. The van der Waals surface area contributed by atoms with Crippen LogP contribution in [0.4, 0.5) is 11.8 Å². The number of hydrogen-bond acceptors (Lipinski definition) is 10. The minimum absolute atomic E-state index is 0.107. The van der Waals surface area contributed by atoms with Crippen LogP contribution in [0, 0.1) is 10.1 Å². The summed E-state index contributed by atoms with van der Waals surface area (Å²) >= 11 is 1.31. The van der Waals surface area contributed by atoms with E-state index < -0.39 is 4.92 Å². The summed E-state index contributed by atoms with van der Waals surface area (Å²) in [6, 6.07) is 2.64. The molecule has 0 aliphatic carbocycles. The normalized spacial score (nSPS) is 10.8. The molecule has 2 heterocycles. The Morgan fingerprint density at radius 2 is 2.16 bits per heavy atom. The third kappa shape index (κ3) is 3.45. The zero-order valence-corrected chi connectivity index (χ0v) is 10.4. The number of hydrogen-bond donors (Lipinski definition) is 1. The molecule has 0 spiro atoms. The molecule has 1 N–H and O–H groups in total. The van der Waals surface area contributed by atoms with Crippen molar-refractivity contribution in [1.82, 2.24) is 20.4 Å². The Bertz CT molecular complexity index is 597. The lowest BCUT2D eigenvalue weighted by Gasteiger charge is -1.95. The fraction of sp³-hybridized carbons (Fsp3) is 0.125. The smallest absolute Gasteiger partial charge is 0.400 e. The Morgan fingerprint density at radius 3 is 2.74 bits per heavy atom. The Morgan fingerprint density at radius 1 is 1.42 bits per heavy atom. The largest absolute Gasteiger partial charge is 0.433 e. The molecule has 10 nitrogen and oxygen atoms in total. The van der Waals surface area contributed by atoms with Gasteiger partial charge in [0.05, 0.1) is 12.3 Å². The lowest BCUT2D eigenvalue weighted by Crippen LogP contribution is -2.01. The number of nitro groups is 1. The summed E-state index contributed by atoms with van der Waals surface area (Å²) in [6.45, 7) is 0. The SMILES string of the molecule is CSc1nnc(N/N=C\c2ccc([N+](=O)[O-])o2)nn1. The van der Waals surface area contributed by atoms with Gasteiger partial charge in [-0.3, -0.25) is 10.1 Å². The third-order valence-electron chi connectivity index (χ3n) is 1.79. The number of nitrogens with zero attached hydrogens (tertiary/aromatic N) is 6. The molecule has 0 aromatic carbocycles. The number of anilines is 1. The summed E-state index contributed by atoms with van der Waals surface area (Å²) in [5, 5.41) is 29.5. The first-order chi connectivity index (χ1) is 9.19. The topological polar surface area (TPSA) is 132 Å². The van der Waals surface area contributed by atoms with Crippen molar-refractivity contribution in [2.75, 3.05) is 11.7 Å². The minimum Gasteiger partial charge on any atom is -0.400 e. The maximum atomic E-state index is 10.4. The van der Waals surface area contributed by atoms with Crippen LogP contribution >= 0.6 is 11.8 Å². The Kier molecular flexibility index (Phi) is 3.97. The number of aromatic nitrogens is 4. The predicted octanol–water partition coefficient (Wildman–Crippen LogP) is 0.936. The second-order valence-corrected chi connectivity index (χ2v) is 3.79. The van der Waals surface area contributed by atoms with Crippen molar-refractivity contribution in [2.45, 2.75) is 5.16 Å². The third-order valence-corrected chi connectivity index (χ3v) is 2.32. The van der Waals surface area contributed by atoms with Gasteiger partial charge in [0.25, 0.3) is 5.95 Å². The molecule has 0 fully saturated rings. The summed E-state index contributed by atoms with van der Waals surface area (Å²) < 4.78 is 4.86. The summed E-state index contributed by atoms with van der Waals surface area (Å²) in [5.41, 5.74) is 2.47. The molecule has 19 heavy (non-hydrogen) atoms. The van der Waals surface area contributed by atoms with Crippen LogP contribution in [-0.2, 0) is 0 Å². The van der Waals surface area contributed by atoms with E-state index in [1.54, 1.807) is 6.26 Å². The second kappa shape index (κ2) is 5.86. The molecule has 11 heteroatoms. The van der Waals surface area contributed by atoms with E-state index in [4.69, 9.17) is 4.42 Å². The van der Waals surface area contributed by atoms with Crippen molar-refractivity contribution < 1.29 is 9.34 Å². The van der Waals surface area contributed by atoms with Gasteiger partial charge in [-0.25, -0.2) is 5.43 Å². The van der Waals surface area contributed by atoms with Crippen molar-refractivity contribution in [3.8, 4) is 0 Å². The molecule has 0 atom stereocenters. The Balaban J connectivity index is 1.96. The minimum atomic E-state index is -0.636. The fourth-order valence-corrected chi connectivity index (χ4v) is 1.25. The fourth-order valence-electron chi connectivity index (χ4n) is 1.01. The van der Waals surface area contributed by atoms with E-state index in [9.17, 15) is 10.1 Å². The van der Waals surface area contributed by atoms with Gasteiger partial charge in [0.15, 0.2) is 5.76 Å². The lowest BCUT2D eigenvalue weighted by molar-refractivity contribution is -0.402. The summed E-state index contributed by atoms with van der Waals surface area (Å²) in [5.74, 6) is -0.0266. The Labute approximate surface area is 110 Å². The highest BCUT2D eigenvalue weighted by Crippen LogP contribution is 2.13. The van der Waals surface area contributed by atoms with Crippen LogP contribution < -0.4 is 5.43 Å². The monoisotopic (exact) mass is 281 g/mol. The number of nitrogens with one attached hydrogen (secondary N) is 1. The van der Waals surface area contributed by atoms with Crippen molar-refractivity contribution in [3.05, 3.63) is 28.0 Å². The molecular weight excluding hydrogens is 274 g/mol. The molecule has 0 unspecified atom stereocenters. The van der Waals surface area contributed by atoms with Crippen LogP contribution in [-0.4, -0.2) is 37.8 Å². The van der Waals surface area contributed by atoms with E-state index in [0.29, 0.717) is 5.16 Å². The highest BCUT2D eigenvalue weighted by atomic mass is 32.2. The van der Waals surface area contributed by atoms with Gasteiger partial charge in [-0.05, 0) is 12.3 Å². The highest BCUT2D eigenvalue weighted by Gasteiger charge is 2.10. The van der Waals surface area contributed by atoms with E-state index in [0.717, 1.165) is 0 Å². The van der Waals surface area contributed by atoms with E-state index in [1.807, 2.05) is 0 Å². The second-order valence-electron chi connectivity index (χ2n) is 3.01. The average molecular weight is 281 g/mol. The van der Waals surface area contributed by atoms with E-state index in [-0.39, 0.29) is 17.6 Å². The quantitative estimate of drug-likeness (QED) is 0.367. The highest BCUT2D eigenvalue weighted by molar-refractivity contribution is 7.98. The molecular formula is C8H7N7O3S. The Hall–Kier alpha value is -2.56. The van der Waals surface area contributed by atoms with Gasteiger partial charge in [-0.15, -0.1) is 20.4 Å². The molecule has 2 aromatic rings. The van der Waals surface area contributed by atoms with Gasteiger partial charge in [0.1, 0.15) is 4.92 Å². The molecule has 2 aromatic heterocycles. The van der Waals surface area contributed by atoms with Crippen molar-refractivity contribution in [3.63, 3.8) is 0 Å². The molecule has 98 valence electrons. The van der Waals surface area contributed by atoms with Crippen LogP contribution in [0.3, 0.4) is 0 Å². The summed E-state index contributed by atoms with van der Waals surface area (Å²) in [6.07, 6.45) is 3.05. The van der Waals surface area contributed by atoms with E-state index in [1.165, 1.54) is 30.1 Å². The van der Waals surface area contributed by atoms with Crippen LogP contribution in [0.2, 0.25) is 0 Å². The van der Waals surface area contributed by atoms with Crippen molar-refractivity contribution >= 4 is 29.8 Å².